The van der Waals surface area contributed by atoms with Gasteiger partial charge in [0.05, 0.1) is 5.69 Å². The van der Waals surface area contributed by atoms with Gasteiger partial charge in [0.2, 0.25) is 0 Å². The molecule has 0 aliphatic carbocycles. The Labute approximate surface area is 114 Å². The molecule has 0 unspecified atom stereocenters. The van der Waals surface area contributed by atoms with Crippen molar-refractivity contribution in [2.75, 3.05) is 13.6 Å². The summed E-state index contributed by atoms with van der Waals surface area (Å²) in [5.74, 6) is 0.0593. The first-order valence-corrected chi connectivity index (χ1v) is 6.90. The molecule has 0 saturated carbocycles. The second-order valence-electron chi connectivity index (χ2n) is 4.77. The third kappa shape index (κ3) is 2.62. The Kier molecular flexibility index (Phi) is 4.20. The molecule has 4 heteroatoms. The van der Waals surface area contributed by atoms with E-state index in [1.807, 2.05) is 42.8 Å². The smallest absolute Gasteiger partial charge is 0.272 e. The van der Waals surface area contributed by atoms with Gasteiger partial charge in [-0.3, -0.25) is 9.20 Å². The number of carbonyl (C=O) groups excluding carboxylic acids is 1. The van der Waals surface area contributed by atoms with E-state index in [1.165, 1.54) is 0 Å². The van der Waals surface area contributed by atoms with Crippen molar-refractivity contribution in [3.8, 4) is 0 Å². The molecule has 1 amide bonds. The lowest BCUT2D eigenvalue weighted by Gasteiger charge is -2.17. The van der Waals surface area contributed by atoms with Crippen LogP contribution in [0.25, 0.3) is 5.65 Å². The molecule has 0 atom stereocenters. The molecule has 0 saturated heterocycles. The van der Waals surface area contributed by atoms with E-state index in [2.05, 4.69) is 11.9 Å². The summed E-state index contributed by atoms with van der Waals surface area (Å²) in [7, 11) is 1.86. The number of fused-ring (bicyclic) bond motifs is 1. The number of rotatable bonds is 5. The molecule has 19 heavy (non-hydrogen) atoms. The van der Waals surface area contributed by atoms with Crippen LogP contribution in [0.2, 0.25) is 0 Å². The number of aryl methyl sites for hydroxylation is 1. The highest BCUT2D eigenvalue weighted by Crippen LogP contribution is 2.15. The SMILES string of the molecule is CCCCN(C)C(=O)c1c(CC)nc2ccccn12. The molecule has 0 spiro atoms. The van der Waals surface area contributed by atoms with Gasteiger partial charge in [-0.15, -0.1) is 0 Å². The Balaban J connectivity index is 2.39. The minimum Gasteiger partial charge on any atom is -0.340 e. The van der Waals surface area contributed by atoms with Crippen molar-refractivity contribution >= 4 is 11.6 Å². The van der Waals surface area contributed by atoms with E-state index in [-0.39, 0.29) is 5.91 Å². The molecule has 0 aromatic carbocycles. The number of carbonyl (C=O) groups is 1. The quantitative estimate of drug-likeness (QED) is 0.828. The summed E-state index contributed by atoms with van der Waals surface area (Å²) in [4.78, 5) is 18.9. The largest absolute Gasteiger partial charge is 0.340 e. The minimum atomic E-state index is 0.0593. The van der Waals surface area contributed by atoms with E-state index < -0.39 is 0 Å². The van der Waals surface area contributed by atoms with Crippen LogP contribution in [0.3, 0.4) is 0 Å². The Hall–Kier alpha value is -1.84. The summed E-state index contributed by atoms with van der Waals surface area (Å²) in [6, 6.07) is 5.80. The van der Waals surface area contributed by atoms with E-state index in [4.69, 9.17) is 0 Å². The number of imidazole rings is 1. The molecule has 4 nitrogen and oxygen atoms in total. The Morgan fingerprint density at radius 3 is 2.84 bits per heavy atom. The Morgan fingerprint density at radius 2 is 2.16 bits per heavy atom. The van der Waals surface area contributed by atoms with Crippen LogP contribution >= 0.6 is 0 Å². The summed E-state index contributed by atoms with van der Waals surface area (Å²) >= 11 is 0. The van der Waals surface area contributed by atoms with Crippen LogP contribution in [-0.2, 0) is 6.42 Å². The third-order valence-corrected chi connectivity index (χ3v) is 3.33. The van der Waals surface area contributed by atoms with Gasteiger partial charge in [0.1, 0.15) is 11.3 Å². The molecule has 0 aliphatic heterocycles. The van der Waals surface area contributed by atoms with Crippen molar-refractivity contribution in [1.29, 1.82) is 0 Å². The molecule has 0 radical (unpaired) electrons. The fraction of sp³-hybridized carbons (Fsp3) is 0.467. The minimum absolute atomic E-state index is 0.0593. The number of hydrogen-bond donors (Lipinski definition) is 0. The third-order valence-electron chi connectivity index (χ3n) is 3.33. The summed E-state index contributed by atoms with van der Waals surface area (Å²) < 4.78 is 1.89. The first kappa shape index (κ1) is 13.6. The predicted molar refractivity (Wildman–Crippen MR) is 76.4 cm³/mol. The molecule has 0 fully saturated rings. The molecule has 0 N–H and O–H groups in total. The van der Waals surface area contributed by atoms with Crippen LogP contribution in [0.5, 0.6) is 0 Å². The van der Waals surface area contributed by atoms with E-state index >= 15 is 0 Å². The molecule has 102 valence electrons. The second-order valence-corrected chi connectivity index (χ2v) is 4.77. The zero-order chi connectivity index (χ0) is 13.8. The summed E-state index contributed by atoms with van der Waals surface area (Å²) in [5, 5.41) is 0. The first-order chi connectivity index (χ1) is 9.19. The topological polar surface area (TPSA) is 37.6 Å². The van der Waals surface area contributed by atoms with Crippen molar-refractivity contribution in [1.82, 2.24) is 14.3 Å². The normalized spacial score (nSPS) is 10.9. The average Bonchev–Trinajstić information content (AvgIpc) is 2.82. The van der Waals surface area contributed by atoms with Crippen LogP contribution in [0.4, 0.5) is 0 Å². The summed E-state index contributed by atoms with van der Waals surface area (Å²) in [6.07, 6.45) is 4.79. The number of amides is 1. The van der Waals surface area contributed by atoms with E-state index in [0.717, 1.165) is 37.1 Å². The molecular formula is C15H21N3O. The maximum atomic E-state index is 12.6. The number of nitrogens with zero attached hydrogens (tertiary/aromatic N) is 3. The lowest BCUT2D eigenvalue weighted by atomic mass is 10.2. The number of pyridine rings is 1. The zero-order valence-electron chi connectivity index (χ0n) is 11.9. The van der Waals surface area contributed by atoms with Gasteiger partial charge in [-0.1, -0.05) is 26.3 Å². The Bertz CT molecular complexity index is 574. The van der Waals surface area contributed by atoms with Gasteiger partial charge in [-0.2, -0.15) is 0 Å². The molecule has 0 aliphatic rings. The first-order valence-electron chi connectivity index (χ1n) is 6.90. The van der Waals surface area contributed by atoms with Gasteiger partial charge in [0, 0.05) is 19.8 Å². The molecule has 2 aromatic heterocycles. The van der Waals surface area contributed by atoms with Crippen LogP contribution in [0.15, 0.2) is 24.4 Å². The van der Waals surface area contributed by atoms with E-state index in [1.54, 1.807) is 4.90 Å². The monoisotopic (exact) mass is 259 g/mol. The van der Waals surface area contributed by atoms with Gasteiger partial charge in [0.25, 0.3) is 5.91 Å². The van der Waals surface area contributed by atoms with Gasteiger partial charge in [0.15, 0.2) is 0 Å². The van der Waals surface area contributed by atoms with Gasteiger partial charge < -0.3 is 4.90 Å². The van der Waals surface area contributed by atoms with Crippen LogP contribution in [-0.4, -0.2) is 33.8 Å². The van der Waals surface area contributed by atoms with Crippen LogP contribution in [0.1, 0.15) is 42.9 Å². The van der Waals surface area contributed by atoms with Crippen molar-refractivity contribution < 1.29 is 4.79 Å². The van der Waals surface area contributed by atoms with Gasteiger partial charge in [-0.05, 0) is 25.0 Å². The van der Waals surface area contributed by atoms with Crippen molar-refractivity contribution in [3.05, 3.63) is 35.8 Å². The van der Waals surface area contributed by atoms with Crippen molar-refractivity contribution in [2.45, 2.75) is 33.1 Å². The van der Waals surface area contributed by atoms with Crippen LogP contribution in [0, 0.1) is 0 Å². The molecule has 0 bridgehead atoms. The van der Waals surface area contributed by atoms with E-state index in [9.17, 15) is 4.79 Å². The van der Waals surface area contributed by atoms with Gasteiger partial charge in [-0.25, -0.2) is 4.98 Å². The highest BCUT2D eigenvalue weighted by Gasteiger charge is 2.20. The van der Waals surface area contributed by atoms with Crippen molar-refractivity contribution in [2.24, 2.45) is 0 Å². The molecular weight excluding hydrogens is 238 g/mol. The number of unbranched alkanes of at least 4 members (excludes halogenated alkanes) is 1. The van der Waals surface area contributed by atoms with Crippen molar-refractivity contribution in [3.63, 3.8) is 0 Å². The van der Waals surface area contributed by atoms with E-state index in [0.29, 0.717) is 5.69 Å². The predicted octanol–water partition coefficient (Wildman–Crippen LogP) is 2.77. The zero-order valence-corrected chi connectivity index (χ0v) is 11.9. The number of aromatic nitrogens is 2. The lowest BCUT2D eigenvalue weighted by Crippen LogP contribution is -2.29. The maximum Gasteiger partial charge on any atom is 0.272 e. The molecule has 2 rings (SSSR count). The highest BCUT2D eigenvalue weighted by atomic mass is 16.2. The number of hydrogen-bond acceptors (Lipinski definition) is 2. The van der Waals surface area contributed by atoms with Crippen LogP contribution < -0.4 is 0 Å². The van der Waals surface area contributed by atoms with Gasteiger partial charge >= 0.3 is 0 Å². The maximum absolute atomic E-state index is 12.6. The lowest BCUT2D eigenvalue weighted by molar-refractivity contribution is 0.0785. The fourth-order valence-corrected chi connectivity index (χ4v) is 2.20. The average molecular weight is 259 g/mol. The summed E-state index contributed by atoms with van der Waals surface area (Å²) in [5.41, 5.74) is 2.42. The summed E-state index contributed by atoms with van der Waals surface area (Å²) in [6.45, 7) is 4.95. The Morgan fingerprint density at radius 1 is 1.37 bits per heavy atom. The fourth-order valence-electron chi connectivity index (χ4n) is 2.20. The second kappa shape index (κ2) is 5.87. The highest BCUT2D eigenvalue weighted by molar-refractivity contribution is 5.94. The standard InChI is InChI=1S/C15H21N3O/c1-4-6-10-17(3)15(19)14-12(5-2)16-13-9-7-8-11-18(13)14/h7-9,11H,4-6,10H2,1-3H3. The molecule has 2 aromatic rings. The molecule has 2 heterocycles.